The van der Waals surface area contributed by atoms with E-state index in [1.165, 1.54) is 5.71 Å². The van der Waals surface area contributed by atoms with Crippen molar-refractivity contribution in [2.75, 3.05) is 26.2 Å². The Morgan fingerprint density at radius 1 is 1.14 bits per heavy atom. The number of hydrogen-bond acceptors (Lipinski definition) is 2. The van der Waals surface area contributed by atoms with Gasteiger partial charge >= 0.3 is 0 Å². The van der Waals surface area contributed by atoms with Crippen LogP contribution in [0.15, 0.2) is 4.99 Å². The van der Waals surface area contributed by atoms with Crippen molar-refractivity contribution in [1.29, 1.82) is 0 Å². The summed E-state index contributed by atoms with van der Waals surface area (Å²) in [6, 6.07) is 0. The maximum Gasteiger partial charge on any atom is 0.0516 e. The van der Waals surface area contributed by atoms with Crippen molar-refractivity contribution in [3.63, 3.8) is 0 Å². The maximum absolute atomic E-state index is 4.65. The molecule has 0 heterocycles. The molecule has 0 spiro atoms. The fourth-order valence-electron chi connectivity index (χ4n) is 1.58. The predicted molar refractivity (Wildman–Crippen MR) is 65.2 cm³/mol. The van der Waals surface area contributed by atoms with Gasteiger partial charge in [-0.2, -0.15) is 0 Å². The molecule has 0 aromatic carbocycles. The average Bonchev–Trinajstić information content (AvgIpc) is 2.18. The van der Waals surface area contributed by atoms with E-state index in [1.807, 2.05) is 0 Å². The van der Waals surface area contributed by atoms with Gasteiger partial charge in [-0.05, 0) is 25.4 Å². The van der Waals surface area contributed by atoms with E-state index in [1.54, 1.807) is 0 Å². The zero-order chi connectivity index (χ0) is 11.0. The highest BCUT2D eigenvalue weighted by molar-refractivity contribution is 5.85. The van der Waals surface area contributed by atoms with Gasteiger partial charge in [0.2, 0.25) is 0 Å². The van der Waals surface area contributed by atoms with Crippen LogP contribution >= 0.6 is 0 Å². The maximum atomic E-state index is 4.65. The van der Waals surface area contributed by atoms with Crippen LogP contribution in [0.25, 0.3) is 0 Å². The van der Waals surface area contributed by atoms with Crippen molar-refractivity contribution in [2.45, 2.75) is 41.0 Å². The van der Waals surface area contributed by atoms with Gasteiger partial charge in [0.25, 0.3) is 0 Å². The van der Waals surface area contributed by atoms with Gasteiger partial charge in [0.15, 0.2) is 0 Å². The first-order chi connectivity index (χ1) is 6.65. The molecule has 0 atom stereocenters. The summed E-state index contributed by atoms with van der Waals surface area (Å²) in [6.45, 7) is 15.4. The van der Waals surface area contributed by atoms with Gasteiger partial charge in [0, 0.05) is 12.3 Å². The van der Waals surface area contributed by atoms with E-state index in [2.05, 4.69) is 44.5 Å². The third-order valence-electron chi connectivity index (χ3n) is 2.65. The molecule has 0 radical (unpaired) electrons. The Kier molecular flexibility index (Phi) is 7.77. The SMILES string of the molecule is CCC(=NCCN(CC)CC)C(C)C. The zero-order valence-electron chi connectivity index (χ0n) is 10.5. The molecule has 0 aliphatic carbocycles. The standard InChI is InChI=1S/C12H26N2/c1-6-12(11(4)5)13-9-10-14(7-2)8-3/h11H,6-10H2,1-5H3. The van der Waals surface area contributed by atoms with Gasteiger partial charge in [-0.3, -0.25) is 4.99 Å². The molecule has 0 aromatic heterocycles. The molecule has 0 bridgehead atoms. The summed E-state index contributed by atoms with van der Waals surface area (Å²) in [4.78, 5) is 7.07. The molecular weight excluding hydrogens is 172 g/mol. The monoisotopic (exact) mass is 198 g/mol. The lowest BCUT2D eigenvalue weighted by atomic mass is 10.1. The van der Waals surface area contributed by atoms with Crippen molar-refractivity contribution in [3.8, 4) is 0 Å². The van der Waals surface area contributed by atoms with E-state index < -0.39 is 0 Å². The molecule has 0 rings (SSSR count). The number of nitrogens with zero attached hydrogens (tertiary/aromatic N) is 2. The van der Waals surface area contributed by atoms with E-state index >= 15 is 0 Å². The Labute approximate surface area is 89.4 Å². The van der Waals surface area contributed by atoms with Crippen LogP contribution in [0.1, 0.15) is 41.0 Å². The minimum absolute atomic E-state index is 0.608. The summed E-state index contributed by atoms with van der Waals surface area (Å²) in [7, 11) is 0. The van der Waals surface area contributed by atoms with Crippen LogP contribution in [0.5, 0.6) is 0 Å². The molecule has 0 unspecified atom stereocenters. The van der Waals surface area contributed by atoms with Crippen molar-refractivity contribution in [3.05, 3.63) is 0 Å². The van der Waals surface area contributed by atoms with Crippen molar-refractivity contribution in [1.82, 2.24) is 4.90 Å². The molecule has 0 saturated heterocycles. The molecule has 0 N–H and O–H groups in total. The lowest BCUT2D eigenvalue weighted by Crippen LogP contribution is -2.26. The van der Waals surface area contributed by atoms with Crippen LogP contribution < -0.4 is 0 Å². The molecule has 14 heavy (non-hydrogen) atoms. The second kappa shape index (κ2) is 7.98. The van der Waals surface area contributed by atoms with Gasteiger partial charge in [0.05, 0.1) is 6.54 Å². The Hall–Kier alpha value is -0.370. The Balaban J connectivity index is 3.88. The molecule has 0 aliphatic heterocycles. The molecule has 0 aromatic rings. The Morgan fingerprint density at radius 2 is 1.71 bits per heavy atom. The Morgan fingerprint density at radius 3 is 2.07 bits per heavy atom. The molecule has 84 valence electrons. The van der Waals surface area contributed by atoms with Crippen LogP contribution in [0.3, 0.4) is 0 Å². The van der Waals surface area contributed by atoms with E-state index in [0.29, 0.717) is 5.92 Å². The van der Waals surface area contributed by atoms with Gasteiger partial charge in [-0.25, -0.2) is 0 Å². The van der Waals surface area contributed by atoms with Crippen molar-refractivity contribution < 1.29 is 0 Å². The van der Waals surface area contributed by atoms with Crippen LogP contribution in [-0.4, -0.2) is 36.8 Å². The number of rotatable bonds is 7. The normalized spacial score (nSPS) is 12.9. The molecule has 0 fully saturated rings. The highest BCUT2D eigenvalue weighted by atomic mass is 15.1. The topological polar surface area (TPSA) is 15.6 Å². The summed E-state index contributed by atoms with van der Waals surface area (Å²) in [5.74, 6) is 0.608. The molecule has 2 nitrogen and oxygen atoms in total. The number of aliphatic imine (C=N–C) groups is 1. The lowest BCUT2D eigenvalue weighted by molar-refractivity contribution is 0.313. The van der Waals surface area contributed by atoms with Crippen LogP contribution in [-0.2, 0) is 0 Å². The number of hydrogen-bond donors (Lipinski definition) is 0. The van der Waals surface area contributed by atoms with Crippen LogP contribution in [0, 0.1) is 5.92 Å². The number of likely N-dealkylation sites (N-methyl/N-ethyl adjacent to an activating group) is 1. The van der Waals surface area contributed by atoms with E-state index in [9.17, 15) is 0 Å². The highest BCUT2D eigenvalue weighted by Gasteiger charge is 2.02. The van der Waals surface area contributed by atoms with Gasteiger partial charge in [-0.1, -0.05) is 34.6 Å². The third-order valence-corrected chi connectivity index (χ3v) is 2.65. The second-order valence-corrected chi connectivity index (χ2v) is 3.91. The summed E-state index contributed by atoms with van der Waals surface area (Å²) in [5, 5.41) is 0. The molecular formula is C12H26N2. The fraction of sp³-hybridized carbons (Fsp3) is 0.917. The summed E-state index contributed by atoms with van der Waals surface area (Å²) in [5.41, 5.74) is 1.36. The first-order valence-electron chi connectivity index (χ1n) is 5.91. The van der Waals surface area contributed by atoms with Gasteiger partial charge in [-0.15, -0.1) is 0 Å². The minimum Gasteiger partial charge on any atom is -0.302 e. The first kappa shape index (κ1) is 13.6. The minimum atomic E-state index is 0.608. The van der Waals surface area contributed by atoms with E-state index in [-0.39, 0.29) is 0 Å². The van der Waals surface area contributed by atoms with Crippen molar-refractivity contribution in [2.24, 2.45) is 10.9 Å². The highest BCUT2D eigenvalue weighted by Crippen LogP contribution is 2.01. The zero-order valence-corrected chi connectivity index (χ0v) is 10.5. The summed E-state index contributed by atoms with van der Waals surface area (Å²) >= 11 is 0. The van der Waals surface area contributed by atoms with Gasteiger partial charge < -0.3 is 4.90 Å². The fourth-order valence-corrected chi connectivity index (χ4v) is 1.58. The second-order valence-electron chi connectivity index (χ2n) is 3.91. The average molecular weight is 198 g/mol. The van der Waals surface area contributed by atoms with Crippen LogP contribution in [0.4, 0.5) is 0 Å². The largest absolute Gasteiger partial charge is 0.302 e. The summed E-state index contributed by atoms with van der Waals surface area (Å²) in [6.07, 6.45) is 1.09. The first-order valence-corrected chi connectivity index (χ1v) is 5.91. The molecule has 0 saturated carbocycles. The Bertz CT molecular complexity index is 158. The predicted octanol–water partition coefficient (Wildman–Crippen LogP) is 2.84. The smallest absolute Gasteiger partial charge is 0.0516 e. The molecule has 0 aliphatic rings. The molecule has 0 amide bonds. The van der Waals surface area contributed by atoms with Crippen molar-refractivity contribution >= 4 is 5.71 Å². The lowest BCUT2D eigenvalue weighted by Gasteiger charge is -2.17. The molecule has 2 heteroatoms. The van der Waals surface area contributed by atoms with E-state index in [4.69, 9.17) is 0 Å². The third kappa shape index (κ3) is 5.38. The van der Waals surface area contributed by atoms with E-state index in [0.717, 1.165) is 32.6 Å². The summed E-state index contributed by atoms with van der Waals surface area (Å²) < 4.78 is 0. The van der Waals surface area contributed by atoms with Crippen LogP contribution in [0.2, 0.25) is 0 Å². The quantitative estimate of drug-likeness (QED) is 0.574. The van der Waals surface area contributed by atoms with Gasteiger partial charge in [0.1, 0.15) is 0 Å².